The summed E-state index contributed by atoms with van der Waals surface area (Å²) < 4.78 is 3.14. The van der Waals surface area contributed by atoms with Gasteiger partial charge in [-0.3, -0.25) is 14.2 Å². The highest BCUT2D eigenvalue weighted by molar-refractivity contribution is 5.75. The third-order valence-electron chi connectivity index (χ3n) is 4.39. The maximum absolute atomic E-state index is 12.4. The molecule has 6 heteroatoms. The first kappa shape index (κ1) is 19.2. The Balaban J connectivity index is 1.90. The molecule has 0 spiro atoms. The summed E-state index contributed by atoms with van der Waals surface area (Å²) in [5.41, 5.74) is 3.64. The average Bonchev–Trinajstić information content (AvgIpc) is 3.11. The van der Waals surface area contributed by atoms with Crippen LogP contribution in [-0.2, 0) is 11.3 Å². The molecule has 0 radical (unpaired) electrons. The monoisotopic (exact) mass is 374 g/mol. The number of likely N-dealkylation sites (N-methyl/N-ethyl adjacent to an activating group) is 1. The normalized spacial score (nSPS) is 10.3. The Bertz CT molecular complexity index is 1140. The second kappa shape index (κ2) is 7.97. The Morgan fingerprint density at radius 2 is 1.89 bits per heavy atom. The molecule has 2 aromatic heterocycles. The fourth-order valence-electron chi connectivity index (χ4n) is 2.75. The topological polar surface area (TPSA) is 60.1 Å². The van der Waals surface area contributed by atoms with Crippen LogP contribution in [0.4, 0.5) is 0 Å². The van der Waals surface area contributed by atoms with Gasteiger partial charge < -0.3 is 9.47 Å². The van der Waals surface area contributed by atoms with Crippen LogP contribution in [0.1, 0.15) is 22.5 Å². The van der Waals surface area contributed by atoms with E-state index in [0.29, 0.717) is 11.5 Å². The zero-order valence-corrected chi connectivity index (χ0v) is 16.4. The van der Waals surface area contributed by atoms with E-state index in [1.807, 2.05) is 26.0 Å². The molecule has 6 nitrogen and oxygen atoms in total. The molecule has 0 aliphatic carbocycles. The first-order valence-electron chi connectivity index (χ1n) is 8.89. The van der Waals surface area contributed by atoms with Crippen molar-refractivity contribution in [2.75, 3.05) is 14.1 Å². The van der Waals surface area contributed by atoms with Crippen molar-refractivity contribution in [3.8, 4) is 17.5 Å². The number of hydrogen-bond acceptors (Lipinski definition) is 3. The number of benzene rings is 1. The van der Waals surface area contributed by atoms with Gasteiger partial charge in [0.2, 0.25) is 5.91 Å². The van der Waals surface area contributed by atoms with Crippen LogP contribution in [0.15, 0.2) is 53.7 Å². The number of imidazole rings is 1. The third-order valence-corrected chi connectivity index (χ3v) is 4.39. The van der Waals surface area contributed by atoms with E-state index in [2.05, 4.69) is 22.9 Å². The zero-order chi connectivity index (χ0) is 20.3. The largest absolute Gasteiger partial charge is 0.347 e. The van der Waals surface area contributed by atoms with Gasteiger partial charge in [0.25, 0.3) is 5.56 Å². The maximum Gasteiger partial charge on any atom is 0.253 e. The van der Waals surface area contributed by atoms with Crippen LogP contribution in [0.2, 0.25) is 0 Å². The predicted molar refractivity (Wildman–Crippen MR) is 108 cm³/mol. The van der Waals surface area contributed by atoms with Gasteiger partial charge in [0, 0.05) is 44.3 Å². The summed E-state index contributed by atoms with van der Waals surface area (Å²) in [5, 5.41) is 0. The Kier molecular flexibility index (Phi) is 5.46. The van der Waals surface area contributed by atoms with E-state index >= 15 is 0 Å². The van der Waals surface area contributed by atoms with Crippen molar-refractivity contribution >= 4 is 5.91 Å². The first-order chi connectivity index (χ1) is 13.3. The summed E-state index contributed by atoms with van der Waals surface area (Å²) >= 11 is 0. The van der Waals surface area contributed by atoms with Crippen molar-refractivity contribution in [3.63, 3.8) is 0 Å². The predicted octanol–water partition coefficient (Wildman–Crippen LogP) is 2.14. The van der Waals surface area contributed by atoms with Crippen LogP contribution in [-0.4, -0.2) is 39.0 Å². The number of aromatic nitrogens is 3. The maximum atomic E-state index is 12.4. The number of carbonyl (C=O) groups excluding carboxylic acids is 1. The fourth-order valence-corrected chi connectivity index (χ4v) is 2.75. The van der Waals surface area contributed by atoms with Gasteiger partial charge in [-0.05, 0) is 37.5 Å². The molecule has 0 N–H and O–H groups in total. The molecule has 0 aliphatic heterocycles. The van der Waals surface area contributed by atoms with E-state index in [9.17, 15) is 9.59 Å². The number of amides is 1. The zero-order valence-electron chi connectivity index (χ0n) is 16.4. The lowest BCUT2D eigenvalue weighted by Crippen LogP contribution is -2.31. The molecule has 0 saturated heterocycles. The molecule has 3 rings (SSSR count). The van der Waals surface area contributed by atoms with Crippen molar-refractivity contribution < 1.29 is 4.79 Å². The molecule has 1 aromatic carbocycles. The van der Waals surface area contributed by atoms with Crippen LogP contribution in [0.5, 0.6) is 0 Å². The lowest BCUT2D eigenvalue weighted by atomic mass is 10.1. The second-order valence-corrected chi connectivity index (χ2v) is 6.83. The molecule has 0 bridgehead atoms. The number of nitrogens with zero attached hydrogens (tertiary/aromatic N) is 4. The Labute approximate surface area is 164 Å². The van der Waals surface area contributed by atoms with Crippen LogP contribution in [0.25, 0.3) is 5.69 Å². The van der Waals surface area contributed by atoms with Gasteiger partial charge in [0.05, 0.1) is 5.69 Å². The van der Waals surface area contributed by atoms with Gasteiger partial charge >= 0.3 is 0 Å². The van der Waals surface area contributed by atoms with Crippen molar-refractivity contribution in [2.24, 2.45) is 0 Å². The molecule has 28 heavy (non-hydrogen) atoms. The molecule has 0 fully saturated rings. The minimum Gasteiger partial charge on any atom is -0.347 e. The highest BCUT2D eigenvalue weighted by Crippen LogP contribution is 2.11. The van der Waals surface area contributed by atoms with Gasteiger partial charge in [-0.25, -0.2) is 4.98 Å². The standard InChI is InChI=1S/C22H22N4O2/c1-16-5-6-18(17(2)13-16)7-8-20-23-10-12-26(20)19-9-11-25(21(27)14-19)15-22(28)24(3)4/h5-6,9-14H,15H2,1-4H3. The van der Waals surface area contributed by atoms with E-state index in [-0.39, 0.29) is 18.0 Å². The van der Waals surface area contributed by atoms with Gasteiger partial charge in [-0.2, -0.15) is 0 Å². The molecule has 2 heterocycles. The van der Waals surface area contributed by atoms with Crippen molar-refractivity contribution in [1.29, 1.82) is 0 Å². The lowest BCUT2D eigenvalue weighted by Gasteiger charge is -2.12. The molecule has 0 aliphatic rings. The van der Waals surface area contributed by atoms with E-state index < -0.39 is 0 Å². The lowest BCUT2D eigenvalue weighted by molar-refractivity contribution is -0.129. The van der Waals surface area contributed by atoms with Crippen molar-refractivity contribution in [1.82, 2.24) is 19.0 Å². The number of aryl methyl sites for hydroxylation is 2. The summed E-state index contributed by atoms with van der Waals surface area (Å²) in [6.07, 6.45) is 5.02. The third kappa shape index (κ3) is 4.21. The van der Waals surface area contributed by atoms with Crippen LogP contribution in [0.3, 0.4) is 0 Å². The number of pyridine rings is 1. The van der Waals surface area contributed by atoms with E-state index in [0.717, 1.165) is 11.1 Å². The van der Waals surface area contributed by atoms with E-state index in [1.165, 1.54) is 21.1 Å². The summed E-state index contributed by atoms with van der Waals surface area (Å²) in [7, 11) is 3.32. The summed E-state index contributed by atoms with van der Waals surface area (Å²) in [5.74, 6) is 6.63. The van der Waals surface area contributed by atoms with Gasteiger partial charge in [-0.1, -0.05) is 23.6 Å². The van der Waals surface area contributed by atoms with Crippen LogP contribution in [0, 0.1) is 25.7 Å². The second-order valence-electron chi connectivity index (χ2n) is 6.83. The smallest absolute Gasteiger partial charge is 0.253 e. The molecule has 142 valence electrons. The van der Waals surface area contributed by atoms with E-state index in [4.69, 9.17) is 0 Å². The Morgan fingerprint density at radius 3 is 2.57 bits per heavy atom. The molecule has 0 atom stereocenters. The SMILES string of the molecule is Cc1ccc(C#Cc2nccn2-c2ccn(CC(=O)N(C)C)c(=O)c2)c(C)c1. The molecule has 0 saturated carbocycles. The van der Waals surface area contributed by atoms with Gasteiger partial charge in [-0.15, -0.1) is 0 Å². The number of carbonyl (C=O) groups is 1. The quantitative estimate of drug-likeness (QED) is 0.660. The molecule has 1 amide bonds. The van der Waals surface area contributed by atoms with Gasteiger partial charge in [0.1, 0.15) is 6.54 Å². The number of hydrogen-bond donors (Lipinski definition) is 0. The number of rotatable bonds is 3. The highest BCUT2D eigenvalue weighted by atomic mass is 16.2. The van der Waals surface area contributed by atoms with Crippen LogP contribution < -0.4 is 5.56 Å². The molecular formula is C22H22N4O2. The van der Waals surface area contributed by atoms with Crippen LogP contribution >= 0.6 is 0 Å². The minimum atomic E-state index is -0.255. The Morgan fingerprint density at radius 1 is 1.11 bits per heavy atom. The fraction of sp³-hybridized carbons (Fsp3) is 0.227. The highest BCUT2D eigenvalue weighted by Gasteiger charge is 2.09. The molecule has 3 aromatic rings. The van der Waals surface area contributed by atoms with Gasteiger partial charge in [0.15, 0.2) is 5.82 Å². The summed E-state index contributed by atoms with van der Waals surface area (Å²) in [4.78, 5) is 30.0. The first-order valence-corrected chi connectivity index (χ1v) is 8.89. The average molecular weight is 374 g/mol. The molecular weight excluding hydrogens is 352 g/mol. The van der Waals surface area contributed by atoms with E-state index in [1.54, 1.807) is 43.3 Å². The minimum absolute atomic E-state index is 0.00933. The Hall–Kier alpha value is -3.59. The van der Waals surface area contributed by atoms with Crippen molar-refractivity contribution in [3.05, 3.63) is 81.8 Å². The summed E-state index contributed by atoms with van der Waals surface area (Å²) in [6, 6.07) is 9.36. The van der Waals surface area contributed by atoms with Crippen molar-refractivity contribution in [2.45, 2.75) is 20.4 Å². The summed E-state index contributed by atoms with van der Waals surface area (Å²) in [6.45, 7) is 4.08. The molecule has 0 unspecified atom stereocenters.